The first kappa shape index (κ1) is 17.6. The molecule has 19 heavy (non-hydrogen) atoms. The van der Waals surface area contributed by atoms with Crippen molar-refractivity contribution in [3.05, 3.63) is 0 Å². The number of carboxylic acids is 1. The summed E-state index contributed by atoms with van der Waals surface area (Å²) in [5.41, 5.74) is -1.01. The Hall–Kier alpha value is -1.35. The Morgan fingerprint density at radius 2 is 1.79 bits per heavy atom. The van der Waals surface area contributed by atoms with Gasteiger partial charge in [-0.1, -0.05) is 6.92 Å². The van der Waals surface area contributed by atoms with Gasteiger partial charge in [0, 0.05) is 19.6 Å². The summed E-state index contributed by atoms with van der Waals surface area (Å²) in [6, 6.07) is -0.531. The highest BCUT2D eigenvalue weighted by Crippen LogP contribution is 2.19. The summed E-state index contributed by atoms with van der Waals surface area (Å²) in [6.45, 7) is 3.47. The molecule has 0 rings (SSSR count). The fraction of sp³-hybridized carbons (Fsp3) is 0.800. The first-order valence-electron chi connectivity index (χ1n) is 5.80. The number of aliphatic carboxylic acids is 1. The van der Waals surface area contributed by atoms with Crippen LogP contribution < -0.4 is 15.4 Å². The summed E-state index contributed by atoms with van der Waals surface area (Å²) in [7, 11) is -3.27. The Morgan fingerprint density at radius 1 is 1.21 bits per heavy atom. The van der Waals surface area contributed by atoms with E-state index in [1.807, 2.05) is 0 Å². The van der Waals surface area contributed by atoms with Crippen LogP contribution in [0.25, 0.3) is 0 Å². The predicted octanol–water partition coefficient (Wildman–Crippen LogP) is -0.664. The number of hydrogen-bond acceptors (Lipinski definition) is 4. The second-order valence-electron chi connectivity index (χ2n) is 4.50. The Morgan fingerprint density at radius 3 is 2.21 bits per heavy atom. The van der Waals surface area contributed by atoms with Crippen LogP contribution in [0.1, 0.15) is 20.3 Å². The Kier molecular flexibility index (Phi) is 6.77. The molecule has 1 atom stereocenters. The maximum absolute atomic E-state index is 11.4. The summed E-state index contributed by atoms with van der Waals surface area (Å²) < 4.78 is 23.7. The summed E-state index contributed by atoms with van der Waals surface area (Å²) in [5.74, 6) is -0.978. The van der Waals surface area contributed by atoms with Crippen LogP contribution in [0.4, 0.5) is 4.79 Å². The highest BCUT2D eigenvalue weighted by Gasteiger charge is 2.31. The highest BCUT2D eigenvalue weighted by molar-refractivity contribution is 7.88. The third-order valence-corrected chi connectivity index (χ3v) is 3.44. The third-order valence-electron chi connectivity index (χ3n) is 2.71. The zero-order valence-corrected chi connectivity index (χ0v) is 12.1. The van der Waals surface area contributed by atoms with Crippen LogP contribution in [-0.2, 0) is 14.8 Å². The monoisotopic (exact) mass is 295 g/mol. The molecule has 0 radical (unpaired) electrons. The number of rotatable bonds is 8. The SMILES string of the molecule is CCC(C)(CNC(=O)NCCNS(C)(=O)=O)C(=O)O. The average molecular weight is 295 g/mol. The largest absolute Gasteiger partial charge is 0.481 e. The van der Waals surface area contributed by atoms with Crippen LogP contribution in [0.2, 0.25) is 0 Å². The van der Waals surface area contributed by atoms with E-state index < -0.39 is 27.4 Å². The quantitative estimate of drug-likeness (QED) is 0.442. The molecule has 8 nitrogen and oxygen atoms in total. The van der Waals surface area contributed by atoms with Crippen LogP contribution in [0, 0.1) is 5.41 Å². The molecule has 0 saturated carbocycles. The summed E-state index contributed by atoms with van der Waals surface area (Å²) in [4.78, 5) is 22.3. The molecule has 0 aromatic rings. The fourth-order valence-electron chi connectivity index (χ4n) is 1.10. The topological polar surface area (TPSA) is 125 Å². The number of carbonyl (C=O) groups excluding carboxylic acids is 1. The lowest BCUT2D eigenvalue weighted by molar-refractivity contribution is -0.147. The molecule has 0 aliphatic carbocycles. The molecule has 9 heteroatoms. The zero-order chi connectivity index (χ0) is 15.1. The molecule has 2 amide bonds. The number of carboxylic acid groups (broad SMARTS) is 1. The number of amides is 2. The van der Waals surface area contributed by atoms with Crippen molar-refractivity contribution < 1.29 is 23.1 Å². The average Bonchev–Trinajstić information content (AvgIpc) is 2.30. The number of hydrogen-bond donors (Lipinski definition) is 4. The van der Waals surface area contributed by atoms with Gasteiger partial charge in [-0.3, -0.25) is 4.79 Å². The lowest BCUT2D eigenvalue weighted by Gasteiger charge is -2.23. The minimum absolute atomic E-state index is 0.00414. The molecule has 0 aliphatic rings. The van der Waals surface area contributed by atoms with Crippen molar-refractivity contribution in [3.63, 3.8) is 0 Å². The normalized spacial score (nSPS) is 14.5. The van der Waals surface area contributed by atoms with Crippen molar-refractivity contribution in [3.8, 4) is 0 Å². The third kappa shape index (κ3) is 7.62. The van der Waals surface area contributed by atoms with Gasteiger partial charge in [0.1, 0.15) is 0 Å². The van der Waals surface area contributed by atoms with E-state index in [-0.39, 0.29) is 19.6 Å². The smallest absolute Gasteiger partial charge is 0.314 e. The van der Waals surface area contributed by atoms with Gasteiger partial charge in [0.05, 0.1) is 11.7 Å². The highest BCUT2D eigenvalue weighted by atomic mass is 32.2. The minimum atomic E-state index is -3.27. The molecule has 112 valence electrons. The van der Waals surface area contributed by atoms with Gasteiger partial charge in [-0.05, 0) is 13.3 Å². The maximum Gasteiger partial charge on any atom is 0.314 e. The van der Waals surface area contributed by atoms with Crippen LogP contribution in [0.15, 0.2) is 0 Å². The van der Waals surface area contributed by atoms with Crippen LogP contribution in [-0.4, -0.2) is 51.4 Å². The van der Waals surface area contributed by atoms with Crippen molar-refractivity contribution in [2.24, 2.45) is 5.41 Å². The second kappa shape index (κ2) is 7.29. The van der Waals surface area contributed by atoms with Gasteiger partial charge in [0.2, 0.25) is 10.0 Å². The van der Waals surface area contributed by atoms with Gasteiger partial charge < -0.3 is 15.7 Å². The molecule has 1 unspecified atom stereocenters. The van der Waals surface area contributed by atoms with Gasteiger partial charge in [0.25, 0.3) is 0 Å². The van der Waals surface area contributed by atoms with E-state index in [0.717, 1.165) is 6.26 Å². The summed E-state index contributed by atoms with van der Waals surface area (Å²) >= 11 is 0. The molecule has 0 aliphatic heterocycles. The molecular weight excluding hydrogens is 274 g/mol. The molecule has 0 fully saturated rings. The van der Waals surface area contributed by atoms with Gasteiger partial charge in [-0.25, -0.2) is 17.9 Å². The maximum atomic E-state index is 11.4. The number of sulfonamides is 1. The number of urea groups is 1. The van der Waals surface area contributed by atoms with E-state index in [0.29, 0.717) is 6.42 Å². The van der Waals surface area contributed by atoms with E-state index in [4.69, 9.17) is 5.11 Å². The van der Waals surface area contributed by atoms with Crippen molar-refractivity contribution in [1.29, 1.82) is 0 Å². The minimum Gasteiger partial charge on any atom is -0.481 e. The Bertz CT molecular complexity index is 423. The lowest BCUT2D eigenvalue weighted by Crippen LogP contribution is -2.46. The molecule has 0 aromatic carbocycles. The predicted molar refractivity (Wildman–Crippen MR) is 70.3 cm³/mol. The van der Waals surface area contributed by atoms with Crippen molar-refractivity contribution >= 4 is 22.0 Å². The molecule has 4 N–H and O–H groups in total. The van der Waals surface area contributed by atoms with Gasteiger partial charge in [-0.2, -0.15) is 0 Å². The van der Waals surface area contributed by atoms with Crippen LogP contribution >= 0.6 is 0 Å². The lowest BCUT2D eigenvalue weighted by atomic mass is 9.88. The Balaban J connectivity index is 3.97. The van der Waals surface area contributed by atoms with E-state index in [2.05, 4.69) is 15.4 Å². The fourth-order valence-corrected chi connectivity index (χ4v) is 1.58. The Labute approximate surface area is 113 Å². The van der Waals surface area contributed by atoms with E-state index >= 15 is 0 Å². The standard InChI is InChI=1S/C10H21N3O5S/c1-4-10(2,8(14)15)7-12-9(16)11-5-6-13-19(3,17)18/h13H,4-7H2,1-3H3,(H,14,15)(H2,11,12,16). The van der Waals surface area contributed by atoms with E-state index in [9.17, 15) is 18.0 Å². The van der Waals surface area contributed by atoms with Crippen molar-refractivity contribution in [2.75, 3.05) is 25.9 Å². The zero-order valence-electron chi connectivity index (χ0n) is 11.3. The summed E-state index contributed by atoms with van der Waals surface area (Å²) in [5, 5.41) is 13.9. The second-order valence-corrected chi connectivity index (χ2v) is 6.33. The molecule has 0 bridgehead atoms. The molecule has 0 heterocycles. The molecule has 0 aromatic heterocycles. The summed E-state index contributed by atoms with van der Waals surface area (Å²) in [6.07, 6.45) is 1.41. The molecule has 0 saturated heterocycles. The van der Waals surface area contributed by atoms with Crippen LogP contribution in [0.5, 0.6) is 0 Å². The number of nitrogens with one attached hydrogen (secondary N) is 3. The van der Waals surface area contributed by atoms with E-state index in [1.165, 1.54) is 0 Å². The van der Waals surface area contributed by atoms with E-state index in [1.54, 1.807) is 13.8 Å². The van der Waals surface area contributed by atoms with Crippen molar-refractivity contribution in [1.82, 2.24) is 15.4 Å². The first-order chi connectivity index (χ1) is 8.60. The first-order valence-corrected chi connectivity index (χ1v) is 7.69. The van der Waals surface area contributed by atoms with Crippen LogP contribution in [0.3, 0.4) is 0 Å². The van der Waals surface area contributed by atoms with Gasteiger partial charge >= 0.3 is 12.0 Å². The molecular formula is C10H21N3O5S. The van der Waals surface area contributed by atoms with Gasteiger partial charge in [0.15, 0.2) is 0 Å². The van der Waals surface area contributed by atoms with Crippen molar-refractivity contribution in [2.45, 2.75) is 20.3 Å². The van der Waals surface area contributed by atoms with Gasteiger partial charge in [-0.15, -0.1) is 0 Å². The number of carbonyl (C=O) groups is 2. The molecule has 0 spiro atoms.